The van der Waals surface area contributed by atoms with E-state index in [0.717, 1.165) is 77.0 Å². The topological polar surface area (TPSA) is 232 Å². The molecule has 2 aliphatic heterocycles. The van der Waals surface area contributed by atoms with Crippen LogP contribution in [0.5, 0.6) is 0 Å². The average molecular weight is 661 g/mol. The number of rotatable bonds is 9. The largest absolute Gasteiger partial charge is 0.393 e. The molecule has 5 rings (SSSR count). The monoisotopic (exact) mass is 660 g/mol. The molecular formula is C33H56O13. The van der Waals surface area contributed by atoms with Crippen molar-refractivity contribution in [1.82, 2.24) is 0 Å². The Kier molecular flexibility index (Phi) is 15.2. The summed E-state index contributed by atoms with van der Waals surface area (Å²) in [6, 6.07) is 0. The lowest BCUT2D eigenvalue weighted by Gasteiger charge is -2.36. The summed E-state index contributed by atoms with van der Waals surface area (Å²) in [7, 11) is 0. The SMILES string of the molecule is O=C(CC1CCCCC1)C(=O)C(O)CO.O=C1C(O)COC1(O)CC1CCCCC1.OC1COC(O)(CC2CCCCC2)C1(O)O. The first-order chi connectivity index (χ1) is 21.7. The quantitative estimate of drug-likeness (QED) is 0.126. The third-order valence-electron chi connectivity index (χ3n) is 10.2. The van der Waals surface area contributed by atoms with E-state index in [9.17, 15) is 45.0 Å². The Morgan fingerprint density at radius 3 is 1.61 bits per heavy atom. The molecule has 5 atom stereocenters. The maximum Gasteiger partial charge on any atom is 0.247 e. The van der Waals surface area contributed by atoms with Crippen LogP contribution < -0.4 is 0 Å². The maximum atomic E-state index is 11.5. The van der Waals surface area contributed by atoms with Gasteiger partial charge in [-0.15, -0.1) is 0 Å². The summed E-state index contributed by atoms with van der Waals surface area (Å²) < 4.78 is 10.0. The summed E-state index contributed by atoms with van der Waals surface area (Å²) in [5, 5.41) is 75.4. The van der Waals surface area contributed by atoms with E-state index in [1.807, 2.05) is 0 Å². The minimum atomic E-state index is -2.55. The fourth-order valence-electron chi connectivity index (χ4n) is 7.28. The molecule has 266 valence electrons. The van der Waals surface area contributed by atoms with E-state index in [0.29, 0.717) is 18.3 Å². The van der Waals surface area contributed by atoms with Crippen molar-refractivity contribution in [3.8, 4) is 0 Å². The first kappa shape index (κ1) is 39.1. The summed E-state index contributed by atoms with van der Waals surface area (Å²) in [4.78, 5) is 34.1. The zero-order valence-corrected chi connectivity index (χ0v) is 26.9. The van der Waals surface area contributed by atoms with Gasteiger partial charge in [0.05, 0.1) is 19.8 Å². The van der Waals surface area contributed by atoms with Gasteiger partial charge in [-0.25, -0.2) is 0 Å². The number of aliphatic hydroxyl groups is 8. The number of aliphatic hydroxyl groups excluding tert-OH is 4. The summed E-state index contributed by atoms with van der Waals surface area (Å²) >= 11 is 0. The lowest BCUT2D eigenvalue weighted by atomic mass is 9.82. The highest BCUT2D eigenvalue weighted by Crippen LogP contribution is 2.40. The van der Waals surface area contributed by atoms with Crippen LogP contribution in [0.25, 0.3) is 0 Å². The second-order valence-corrected chi connectivity index (χ2v) is 13.9. The normalized spacial score (nSPS) is 33.0. The van der Waals surface area contributed by atoms with Crippen LogP contribution in [-0.4, -0.2) is 114 Å². The molecule has 5 fully saturated rings. The van der Waals surface area contributed by atoms with Crippen molar-refractivity contribution in [2.24, 2.45) is 17.8 Å². The predicted octanol–water partition coefficient (Wildman–Crippen LogP) is 0.771. The van der Waals surface area contributed by atoms with Gasteiger partial charge in [-0.2, -0.15) is 0 Å². The number of carbonyl (C=O) groups excluding carboxylic acids is 3. The van der Waals surface area contributed by atoms with Crippen molar-refractivity contribution < 1.29 is 64.7 Å². The molecule has 13 nitrogen and oxygen atoms in total. The number of hydrogen-bond donors (Lipinski definition) is 8. The van der Waals surface area contributed by atoms with Crippen LogP contribution >= 0.6 is 0 Å². The van der Waals surface area contributed by atoms with Gasteiger partial charge in [0.15, 0.2) is 0 Å². The first-order valence-corrected chi connectivity index (χ1v) is 17.2. The van der Waals surface area contributed by atoms with E-state index in [4.69, 9.17) is 19.7 Å². The molecule has 5 unspecified atom stereocenters. The molecule has 0 bridgehead atoms. The van der Waals surface area contributed by atoms with Crippen molar-refractivity contribution in [3.05, 3.63) is 0 Å². The Balaban J connectivity index is 0.000000188. The Morgan fingerprint density at radius 1 is 0.717 bits per heavy atom. The van der Waals surface area contributed by atoms with Gasteiger partial charge in [0.2, 0.25) is 34.7 Å². The standard InChI is InChI=1S/C11H20O5.2C11H18O4/c12-9-7-16-10(13,11(9,14)15)6-8-4-2-1-3-5-8;12-9-7-15-11(14,10(9)13)6-8-4-2-1-3-5-8;12-7-10(14)11(15)9(13)6-8-4-2-1-3-5-8/h8-9,12-15H,1-7H2;8-9,12,14H,1-7H2;8,10,12,14H,1-7H2. The van der Waals surface area contributed by atoms with Gasteiger partial charge in [-0.3, -0.25) is 14.4 Å². The lowest BCUT2D eigenvalue weighted by Crippen LogP contribution is -2.57. The van der Waals surface area contributed by atoms with Crippen LogP contribution in [0.4, 0.5) is 0 Å². The zero-order chi connectivity index (χ0) is 34.0. The van der Waals surface area contributed by atoms with Gasteiger partial charge < -0.3 is 50.3 Å². The highest BCUT2D eigenvalue weighted by Gasteiger charge is 2.60. The highest BCUT2D eigenvalue weighted by molar-refractivity contribution is 6.38. The van der Waals surface area contributed by atoms with Crippen molar-refractivity contribution in [2.45, 2.75) is 151 Å². The molecule has 46 heavy (non-hydrogen) atoms. The molecule has 5 aliphatic rings. The van der Waals surface area contributed by atoms with E-state index in [1.54, 1.807) is 0 Å². The molecule has 3 saturated carbocycles. The van der Waals surface area contributed by atoms with Gasteiger partial charge >= 0.3 is 0 Å². The molecule has 2 saturated heterocycles. The summed E-state index contributed by atoms with van der Waals surface area (Å²) in [6.45, 7) is -0.979. The van der Waals surface area contributed by atoms with Crippen molar-refractivity contribution in [1.29, 1.82) is 0 Å². The first-order valence-electron chi connectivity index (χ1n) is 17.2. The molecule has 2 heterocycles. The number of ether oxygens (including phenoxy) is 2. The van der Waals surface area contributed by atoms with Gasteiger partial charge in [-0.1, -0.05) is 96.3 Å². The van der Waals surface area contributed by atoms with Crippen molar-refractivity contribution in [2.75, 3.05) is 19.8 Å². The van der Waals surface area contributed by atoms with Gasteiger partial charge in [0, 0.05) is 19.3 Å². The molecule has 0 aromatic heterocycles. The molecule has 0 radical (unpaired) electrons. The Hall–Kier alpha value is -1.39. The van der Waals surface area contributed by atoms with E-state index in [-0.39, 0.29) is 32.0 Å². The molecular weight excluding hydrogens is 604 g/mol. The minimum Gasteiger partial charge on any atom is -0.393 e. The Labute approximate surface area is 270 Å². The number of carbonyl (C=O) groups is 3. The number of ketones is 3. The van der Waals surface area contributed by atoms with Crippen LogP contribution in [0.15, 0.2) is 0 Å². The van der Waals surface area contributed by atoms with Crippen LogP contribution in [0.1, 0.15) is 116 Å². The molecule has 0 aromatic rings. The molecule has 13 heteroatoms. The molecule has 0 aromatic carbocycles. The van der Waals surface area contributed by atoms with Crippen molar-refractivity contribution in [3.63, 3.8) is 0 Å². The summed E-state index contributed by atoms with van der Waals surface area (Å²) in [6.07, 6.45) is 13.1. The summed E-state index contributed by atoms with van der Waals surface area (Å²) in [5.41, 5.74) is 0. The zero-order valence-electron chi connectivity index (χ0n) is 26.9. The smallest absolute Gasteiger partial charge is 0.247 e. The highest BCUT2D eigenvalue weighted by atomic mass is 16.7. The fraction of sp³-hybridized carbons (Fsp3) is 0.909. The second-order valence-electron chi connectivity index (χ2n) is 13.9. The Bertz CT molecular complexity index is 971. The van der Waals surface area contributed by atoms with E-state index < -0.39 is 59.6 Å². The van der Waals surface area contributed by atoms with E-state index in [2.05, 4.69) is 0 Å². The Morgan fingerprint density at radius 2 is 1.20 bits per heavy atom. The lowest BCUT2D eigenvalue weighted by molar-refractivity contribution is -0.349. The second kappa shape index (κ2) is 17.8. The van der Waals surface area contributed by atoms with Crippen LogP contribution in [0, 0.1) is 17.8 Å². The molecule has 8 N–H and O–H groups in total. The van der Waals surface area contributed by atoms with E-state index in [1.165, 1.54) is 19.3 Å². The van der Waals surface area contributed by atoms with Crippen LogP contribution in [0.2, 0.25) is 0 Å². The number of hydrogen-bond acceptors (Lipinski definition) is 13. The number of Topliss-reactive ketones (excluding diaryl/α,β-unsaturated/α-hetero) is 3. The molecule has 0 amide bonds. The predicted molar refractivity (Wildman–Crippen MR) is 163 cm³/mol. The summed E-state index contributed by atoms with van der Waals surface area (Å²) in [5.74, 6) is -7.33. The third kappa shape index (κ3) is 10.6. The van der Waals surface area contributed by atoms with E-state index >= 15 is 0 Å². The third-order valence-corrected chi connectivity index (χ3v) is 10.2. The molecule has 0 spiro atoms. The maximum absolute atomic E-state index is 11.5. The molecule has 3 aliphatic carbocycles. The van der Waals surface area contributed by atoms with Gasteiger partial charge in [0.25, 0.3) is 0 Å². The average Bonchev–Trinajstić information content (AvgIpc) is 3.42. The van der Waals surface area contributed by atoms with Crippen LogP contribution in [-0.2, 0) is 23.9 Å². The van der Waals surface area contributed by atoms with Gasteiger partial charge in [-0.05, 0) is 17.8 Å². The van der Waals surface area contributed by atoms with Crippen LogP contribution in [0.3, 0.4) is 0 Å². The minimum absolute atomic E-state index is 0.0674. The fourth-order valence-corrected chi connectivity index (χ4v) is 7.28. The van der Waals surface area contributed by atoms with Crippen molar-refractivity contribution >= 4 is 17.3 Å². The van der Waals surface area contributed by atoms with Gasteiger partial charge in [0.1, 0.15) is 18.3 Å².